The van der Waals surface area contributed by atoms with Gasteiger partial charge in [-0.2, -0.15) is 0 Å². The van der Waals surface area contributed by atoms with Gasteiger partial charge in [0.15, 0.2) is 0 Å². The standard InChI is InChI=1S/C20H25FN2O5/c1-12(24)22-10-14-11-23(18(26)27-14)13-5-6-15(16(21)9-13)20(7-8-20)17(25)28-19(2,3)4/h5-6,9,14H,7-8,10-11H2,1-4H3,(H,22,24). The van der Waals surface area contributed by atoms with Crippen LogP contribution in [-0.2, 0) is 24.5 Å². The summed E-state index contributed by atoms with van der Waals surface area (Å²) in [5, 5.41) is 2.59. The van der Waals surface area contributed by atoms with Crippen molar-refractivity contribution in [2.45, 2.75) is 57.7 Å². The fourth-order valence-electron chi connectivity index (χ4n) is 3.24. The van der Waals surface area contributed by atoms with Crippen LogP contribution in [0.2, 0.25) is 0 Å². The number of hydrogen-bond acceptors (Lipinski definition) is 5. The number of benzene rings is 1. The maximum Gasteiger partial charge on any atom is 0.414 e. The van der Waals surface area contributed by atoms with E-state index in [-0.39, 0.29) is 24.6 Å². The molecule has 2 fully saturated rings. The average molecular weight is 392 g/mol. The lowest BCUT2D eigenvalue weighted by Gasteiger charge is -2.24. The van der Waals surface area contributed by atoms with E-state index < -0.39 is 35.0 Å². The second-order valence-corrected chi connectivity index (χ2v) is 8.30. The van der Waals surface area contributed by atoms with Crippen LogP contribution in [-0.4, -0.2) is 42.8 Å². The van der Waals surface area contributed by atoms with E-state index >= 15 is 0 Å². The second-order valence-electron chi connectivity index (χ2n) is 8.30. The molecule has 3 rings (SSSR count). The molecule has 1 heterocycles. The fourth-order valence-corrected chi connectivity index (χ4v) is 3.24. The van der Waals surface area contributed by atoms with Crippen molar-refractivity contribution in [3.63, 3.8) is 0 Å². The number of carbonyl (C=O) groups is 3. The summed E-state index contributed by atoms with van der Waals surface area (Å²) in [6.07, 6.45) is -0.0442. The molecule has 1 unspecified atom stereocenters. The number of halogens is 1. The molecule has 1 saturated heterocycles. The molecule has 8 heteroatoms. The normalized spacial score (nSPS) is 20.5. The topological polar surface area (TPSA) is 84.9 Å². The number of nitrogens with zero attached hydrogens (tertiary/aromatic N) is 1. The smallest absolute Gasteiger partial charge is 0.414 e. The van der Waals surface area contributed by atoms with E-state index in [4.69, 9.17) is 9.47 Å². The minimum absolute atomic E-state index is 0.194. The van der Waals surface area contributed by atoms with E-state index in [9.17, 15) is 18.8 Å². The van der Waals surface area contributed by atoms with E-state index in [0.717, 1.165) is 0 Å². The van der Waals surface area contributed by atoms with Gasteiger partial charge in [0.2, 0.25) is 5.91 Å². The zero-order valence-corrected chi connectivity index (χ0v) is 16.5. The highest BCUT2D eigenvalue weighted by Crippen LogP contribution is 2.51. The summed E-state index contributed by atoms with van der Waals surface area (Å²) in [5.41, 5.74) is -0.967. The molecule has 1 aliphatic carbocycles. The van der Waals surface area contributed by atoms with Crippen LogP contribution in [0.4, 0.5) is 14.9 Å². The van der Waals surface area contributed by atoms with Gasteiger partial charge in [0.1, 0.15) is 17.5 Å². The van der Waals surface area contributed by atoms with Crippen molar-refractivity contribution in [1.82, 2.24) is 5.32 Å². The van der Waals surface area contributed by atoms with Gasteiger partial charge in [-0.1, -0.05) is 6.07 Å². The lowest BCUT2D eigenvalue weighted by atomic mass is 9.94. The number of rotatable bonds is 5. The van der Waals surface area contributed by atoms with Gasteiger partial charge in [-0.05, 0) is 45.7 Å². The monoisotopic (exact) mass is 392 g/mol. The number of anilines is 1. The highest BCUT2D eigenvalue weighted by atomic mass is 19.1. The number of nitrogens with one attached hydrogen (secondary N) is 1. The van der Waals surface area contributed by atoms with Crippen LogP contribution in [0.25, 0.3) is 0 Å². The second kappa shape index (κ2) is 7.07. The van der Waals surface area contributed by atoms with Crippen LogP contribution in [0, 0.1) is 5.82 Å². The van der Waals surface area contributed by atoms with Gasteiger partial charge in [0.25, 0.3) is 0 Å². The van der Waals surface area contributed by atoms with Crippen LogP contribution >= 0.6 is 0 Å². The number of carbonyl (C=O) groups excluding carboxylic acids is 3. The largest absolute Gasteiger partial charge is 0.459 e. The predicted molar refractivity (Wildman–Crippen MR) is 99.5 cm³/mol. The summed E-state index contributed by atoms with van der Waals surface area (Å²) in [5.74, 6) is -1.21. The Hall–Kier alpha value is -2.64. The minimum atomic E-state index is -0.949. The zero-order valence-electron chi connectivity index (χ0n) is 16.5. The fraction of sp³-hybridized carbons (Fsp3) is 0.550. The molecule has 2 amide bonds. The molecule has 0 radical (unpaired) electrons. The number of ether oxygens (including phenoxy) is 2. The Kier molecular flexibility index (Phi) is 5.08. The Morgan fingerprint density at radius 2 is 2.04 bits per heavy atom. The van der Waals surface area contributed by atoms with Crippen molar-refractivity contribution < 1.29 is 28.2 Å². The predicted octanol–water partition coefficient (Wildman–Crippen LogP) is 2.66. The molecule has 28 heavy (non-hydrogen) atoms. The van der Waals surface area contributed by atoms with E-state index in [2.05, 4.69) is 5.32 Å². The molecular formula is C20H25FN2O5. The summed E-state index contributed by atoms with van der Waals surface area (Å²) >= 11 is 0. The first-order valence-electron chi connectivity index (χ1n) is 9.28. The lowest BCUT2D eigenvalue weighted by molar-refractivity contribution is -0.158. The van der Waals surface area contributed by atoms with Crippen molar-refractivity contribution >= 4 is 23.7 Å². The van der Waals surface area contributed by atoms with E-state index in [1.807, 2.05) is 0 Å². The van der Waals surface area contributed by atoms with Gasteiger partial charge < -0.3 is 14.8 Å². The van der Waals surface area contributed by atoms with E-state index in [1.54, 1.807) is 26.8 Å². The molecule has 7 nitrogen and oxygen atoms in total. The lowest BCUT2D eigenvalue weighted by Crippen LogP contribution is -2.33. The molecule has 1 saturated carbocycles. The minimum Gasteiger partial charge on any atom is -0.459 e. The first kappa shape index (κ1) is 20.1. The van der Waals surface area contributed by atoms with Crippen LogP contribution in [0.1, 0.15) is 46.1 Å². The number of cyclic esters (lactones) is 1. The van der Waals surface area contributed by atoms with Crippen molar-refractivity contribution in [2.75, 3.05) is 18.0 Å². The summed E-state index contributed by atoms with van der Waals surface area (Å²) in [4.78, 5) is 37.0. The van der Waals surface area contributed by atoms with E-state index in [1.165, 1.54) is 24.0 Å². The molecule has 0 bridgehead atoms. The van der Waals surface area contributed by atoms with Gasteiger partial charge in [0, 0.05) is 12.5 Å². The molecule has 0 aromatic heterocycles. The third-order valence-corrected chi connectivity index (χ3v) is 4.77. The maximum atomic E-state index is 14.9. The van der Waals surface area contributed by atoms with Crippen LogP contribution in [0.5, 0.6) is 0 Å². The van der Waals surface area contributed by atoms with Crippen molar-refractivity contribution in [3.05, 3.63) is 29.6 Å². The van der Waals surface area contributed by atoms with Crippen molar-refractivity contribution in [3.8, 4) is 0 Å². The Bertz CT molecular complexity index is 813. The Labute approximate surface area is 163 Å². The SMILES string of the molecule is CC(=O)NCC1CN(c2ccc(C3(C(=O)OC(C)(C)C)CC3)c(F)c2)C(=O)O1. The highest BCUT2D eigenvalue weighted by molar-refractivity contribution is 5.91. The van der Waals surface area contributed by atoms with Crippen LogP contribution in [0.3, 0.4) is 0 Å². The Balaban J connectivity index is 1.75. The van der Waals surface area contributed by atoms with Gasteiger partial charge in [-0.25, -0.2) is 9.18 Å². The number of hydrogen-bond donors (Lipinski definition) is 1. The van der Waals surface area contributed by atoms with E-state index in [0.29, 0.717) is 18.5 Å². The number of esters is 1. The Morgan fingerprint density at radius 3 is 2.57 bits per heavy atom. The molecule has 1 atom stereocenters. The first-order valence-corrected chi connectivity index (χ1v) is 9.28. The third kappa shape index (κ3) is 4.10. The maximum absolute atomic E-state index is 14.9. The summed E-state index contributed by atoms with van der Waals surface area (Å²) in [6, 6.07) is 4.38. The molecule has 1 aromatic rings. The van der Waals surface area contributed by atoms with Gasteiger partial charge in [-0.3, -0.25) is 14.5 Å². The first-order chi connectivity index (χ1) is 13.0. The van der Waals surface area contributed by atoms with Crippen molar-refractivity contribution in [2.24, 2.45) is 0 Å². The van der Waals surface area contributed by atoms with Crippen LogP contribution < -0.4 is 10.2 Å². The summed E-state index contributed by atoms with van der Waals surface area (Å²) < 4.78 is 25.5. The molecule has 0 spiro atoms. The number of amides is 2. The molecule has 1 aromatic carbocycles. The quantitative estimate of drug-likeness (QED) is 0.779. The van der Waals surface area contributed by atoms with Crippen LogP contribution in [0.15, 0.2) is 18.2 Å². The van der Waals surface area contributed by atoms with Gasteiger partial charge in [0.05, 0.1) is 24.2 Å². The molecule has 1 aliphatic heterocycles. The molecular weight excluding hydrogens is 367 g/mol. The average Bonchev–Trinajstić information content (AvgIpc) is 3.29. The highest BCUT2D eigenvalue weighted by Gasteiger charge is 2.55. The Morgan fingerprint density at radius 1 is 1.36 bits per heavy atom. The van der Waals surface area contributed by atoms with Crippen molar-refractivity contribution in [1.29, 1.82) is 0 Å². The van der Waals surface area contributed by atoms with Gasteiger partial charge in [-0.15, -0.1) is 0 Å². The molecule has 1 N–H and O–H groups in total. The third-order valence-electron chi connectivity index (χ3n) is 4.77. The zero-order chi connectivity index (χ0) is 20.7. The summed E-state index contributed by atoms with van der Waals surface area (Å²) in [7, 11) is 0. The van der Waals surface area contributed by atoms with Gasteiger partial charge >= 0.3 is 12.1 Å². The molecule has 2 aliphatic rings. The summed E-state index contributed by atoms with van der Waals surface area (Å²) in [6.45, 7) is 7.10. The molecule has 152 valence electrons.